The Morgan fingerprint density at radius 2 is 2.00 bits per heavy atom. The zero-order valence-corrected chi connectivity index (χ0v) is 12.6. The summed E-state index contributed by atoms with van der Waals surface area (Å²) >= 11 is 0. The van der Waals surface area contributed by atoms with Gasteiger partial charge in [-0.1, -0.05) is 6.08 Å². The minimum absolute atomic E-state index is 0.129. The fourth-order valence-corrected chi connectivity index (χ4v) is 2.12. The molecule has 0 rings (SSSR count). The molecule has 1 N–H and O–H groups in total. The van der Waals surface area contributed by atoms with Crippen LogP contribution in [0.4, 0.5) is 4.79 Å². The number of carbonyl (C=O) groups excluding carboxylic acids is 2. The number of hydrogen-bond donors (Lipinski definition) is 1. The molecule has 0 saturated carbocycles. The lowest BCUT2D eigenvalue weighted by Gasteiger charge is -2.20. The van der Waals surface area contributed by atoms with E-state index in [-0.39, 0.29) is 13.2 Å². The molecular formula is C11H20N2O6S. The summed E-state index contributed by atoms with van der Waals surface area (Å²) in [5.74, 6) is -0.725. The summed E-state index contributed by atoms with van der Waals surface area (Å²) < 4.78 is 35.6. The Balaban J connectivity index is 4.83. The molecule has 0 aliphatic carbocycles. The third kappa shape index (κ3) is 7.10. The molecule has 0 aliphatic rings. The largest absolute Gasteiger partial charge is 0.465 e. The molecular weight excluding hydrogens is 288 g/mol. The topological polar surface area (TPSA) is 102 Å². The van der Waals surface area contributed by atoms with Crippen molar-refractivity contribution in [3.63, 3.8) is 0 Å². The van der Waals surface area contributed by atoms with Crippen molar-refractivity contribution in [3.8, 4) is 0 Å². The van der Waals surface area contributed by atoms with E-state index in [1.54, 1.807) is 25.5 Å². The monoisotopic (exact) mass is 308 g/mol. The number of rotatable bonds is 8. The van der Waals surface area contributed by atoms with Crippen LogP contribution in [0.3, 0.4) is 0 Å². The smallest absolute Gasteiger partial charge is 0.422 e. The molecule has 0 fully saturated rings. The van der Waals surface area contributed by atoms with Gasteiger partial charge in [0.05, 0.1) is 12.7 Å². The van der Waals surface area contributed by atoms with Crippen molar-refractivity contribution < 1.29 is 27.5 Å². The molecule has 0 radical (unpaired) electrons. The molecule has 0 saturated heterocycles. The lowest BCUT2D eigenvalue weighted by Crippen LogP contribution is -2.46. The van der Waals surface area contributed by atoms with E-state index in [9.17, 15) is 18.0 Å². The minimum atomic E-state index is -4.21. The van der Waals surface area contributed by atoms with Gasteiger partial charge in [0.1, 0.15) is 6.54 Å². The van der Waals surface area contributed by atoms with Gasteiger partial charge in [0.2, 0.25) is 0 Å². The van der Waals surface area contributed by atoms with Gasteiger partial charge in [0, 0.05) is 6.54 Å². The molecule has 0 aromatic rings. The van der Waals surface area contributed by atoms with E-state index < -0.39 is 34.9 Å². The number of nitrogens with zero attached hydrogens (tertiary/aromatic N) is 1. The molecule has 0 bridgehead atoms. The van der Waals surface area contributed by atoms with E-state index in [0.29, 0.717) is 0 Å². The van der Waals surface area contributed by atoms with Crippen LogP contribution in [0.2, 0.25) is 0 Å². The summed E-state index contributed by atoms with van der Waals surface area (Å²) in [6.45, 7) is 7.60. The lowest BCUT2D eigenvalue weighted by molar-refractivity contribution is -0.143. The fraction of sp³-hybridized carbons (Fsp3) is 0.636. The fourth-order valence-electron chi connectivity index (χ4n) is 1.15. The van der Waals surface area contributed by atoms with Crippen molar-refractivity contribution in [1.29, 1.82) is 0 Å². The molecule has 116 valence electrons. The highest BCUT2D eigenvalue weighted by molar-refractivity contribution is 7.87. The van der Waals surface area contributed by atoms with Crippen molar-refractivity contribution in [2.45, 2.75) is 26.9 Å². The molecule has 0 atom stereocenters. The maximum atomic E-state index is 11.9. The third-order valence-corrected chi connectivity index (χ3v) is 3.22. The van der Waals surface area contributed by atoms with Crippen LogP contribution in [0.1, 0.15) is 20.8 Å². The second-order valence-corrected chi connectivity index (χ2v) is 5.62. The van der Waals surface area contributed by atoms with Crippen molar-refractivity contribution in [2.75, 3.05) is 19.7 Å². The van der Waals surface area contributed by atoms with E-state index in [1.807, 2.05) is 0 Å². The Hall–Kier alpha value is -1.61. The Morgan fingerprint density at radius 1 is 1.40 bits per heavy atom. The number of hydrogen-bond acceptors (Lipinski definition) is 6. The maximum absolute atomic E-state index is 11.9. The molecule has 9 heteroatoms. The van der Waals surface area contributed by atoms with Gasteiger partial charge in [-0.3, -0.25) is 4.79 Å². The number of carbonyl (C=O) groups is 2. The number of nitrogens with one attached hydrogen (secondary N) is 1. The molecule has 8 nitrogen and oxygen atoms in total. The van der Waals surface area contributed by atoms with Gasteiger partial charge in [0.25, 0.3) is 0 Å². The van der Waals surface area contributed by atoms with Crippen LogP contribution in [0.5, 0.6) is 0 Å². The summed E-state index contributed by atoms with van der Waals surface area (Å²) in [5, 5.41) is 0. The number of ether oxygens (including phenoxy) is 2. The molecule has 0 aromatic heterocycles. The highest BCUT2D eigenvalue weighted by Gasteiger charge is 2.26. The zero-order chi connectivity index (χ0) is 15.8. The summed E-state index contributed by atoms with van der Waals surface area (Å²) in [7, 11) is -4.21. The molecule has 0 heterocycles. The van der Waals surface area contributed by atoms with E-state index in [1.165, 1.54) is 6.08 Å². The molecule has 0 aromatic carbocycles. The van der Waals surface area contributed by atoms with Gasteiger partial charge in [-0.15, -0.1) is 6.58 Å². The highest BCUT2D eigenvalue weighted by atomic mass is 32.2. The van der Waals surface area contributed by atoms with Gasteiger partial charge in [-0.2, -0.15) is 12.7 Å². The van der Waals surface area contributed by atoms with Gasteiger partial charge in [-0.25, -0.2) is 9.52 Å². The first kappa shape index (κ1) is 18.4. The predicted octanol–water partition coefficient (Wildman–Crippen LogP) is 0.417. The summed E-state index contributed by atoms with van der Waals surface area (Å²) in [5.41, 5.74) is 0. The SMILES string of the molecule is C=CCN(CC(=O)OCC)S(=O)(=O)NC(=O)OC(C)C. The first-order valence-electron chi connectivity index (χ1n) is 5.98. The number of amides is 1. The molecule has 20 heavy (non-hydrogen) atoms. The van der Waals surface area contributed by atoms with Crippen LogP contribution in [0.15, 0.2) is 12.7 Å². The van der Waals surface area contributed by atoms with Crippen LogP contribution < -0.4 is 4.72 Å². The second-order valence-electron chi connectivity index (χ2n) is 3.95. The molecule has 0 spiro atoms. The van der Waals surface area contributed by atoms with Gasteiger partial charge in [0.15, 0.2) is 0 Å². The van der Waals surface area contributed by atoms with Gasteiger partial charge >= 0.3 is 22.3 Å². The van der Waals surface area contributed by atoms with Crippen molar-refractivity contribution in [1.82, 2.24) is 9.03 Å². The predicted molar refractivity (Wildman–Crippen MR) is 72.1 cm³/mol. The molecule has 1 amide bonds. The normalized spacial score (nSPS) is 11.2. The average Bonchev–Trinajstić information content (AvgIpc) is 2.26. The van der Waals surface area contributed by atoms with Crippen LogP contribution in [-0.2, 0) is 24.5 Å². The quantitative estimate of drug-likeness (QED) is 0.515. The van der Waals surface area contributed by atoms with Crippen LogP contribution in [0.25, 0.3) is 0 Å². The first-order chi connectivity index (χ1) is 9.22. The van der Waals surface area contributed by atoms with Crippen molar-refractivity contribution >= 4 is 22.3 Å². The van der Waals surface area contributed by atoms with Crippen molar-refractivity contribution in [3.05, 3.63) is 12.7 Å². The van der Waals surface area contributed by atoms with E-state index >= 15 is 0 Å². The molecule has 0 aliphatic heterocycles. The lowest BCUT2D eigenvalue weighted by atomic mass is 10.5. The van der Waals surface area contributed by atoms with E-state index in [4.69, 9.17) is 0 Å². The Morgan fingerprint density at radius 3 is 2.45 bits per heavy atom. The number of esters is 1. The Bertz CT molecular complexity index is 446. The van der Waals surface area contributed by atoms with Crippen LogP contribution in [-0.4, -0.2) is 50.6 Å². The Labute approximate surface area is 118 Å². The van der Waals surface area contributed by atoms with Gasteiger partial charge in [-0.05, 0) is 20.8 Å². The second kappa shape index (κ2) is 8.54. The van der Waals surface area contributed by atoms with Crippen LogP contribution >= 0.6 is 0 Å². The Kier molecular flexibility index (Phi) is 7.85. The van der Waals surface area contributed by atoms with Gasteiger partial charge < -0.3 is 9.47 Å². The molecule has 0 unspecified atom stereocenters. The van der Waals surface area contributed by atoms with E-state index in [2.05, 4.69) is 16.1 Å². The summed E-state index contributed by atoms with van der Waals surface area (Å²) in [6.07, 6.45) is -0.298. The van der Waals surface area contributed by atoms with Crippen LogP contribution in [0, 0.1) is 0 Å². The standard InChI is InChI=1S/C11H20N2O6S/c1-5-7-13(8-10(14)18-6-2)20(16,17)12-11(15)19-9(3)4/h5,9H,1,6-8H2,2-4H3,(H,12,15). The summed E-state index contributed by atoms with van der Waals surface area (Å²) in [4.78, 5) is 22.6. The zero-order valence-electron chi connectivity index (χ0n) is 11.8. The highest BCUT2D eigenvalue weighted by Crippen LogP contribution is 2.01. The minimum Gasteiger partial charge on any atom is -0.465 e. The first-order valence-corrected chi connectivity index (χ1v) is 7.42. The maximum Gasteiger partial charge on any atom is 0.422 e. The van der Waals surface area contributed by atoms with Crippen molar-refractivity contribution in [2.24, 2.45) is 0 Å². The van der Waals surface area contributed by atoms with E-state index in [0.717, 1.165) is 4.31 Å². The third-order valence-electron chi connectivity index (χ3n) is 1.84. The average molecular weight is 308 g/mol. The summed E-state index contributed by atoms with van der Waals surface area (Å²) in [6, 6.07) is 0.